The SMILES string of the molecule is O=S(=O)(CCO)c1cc(Br)ccc1F. The van der Waals surface area contributed by atoms with Crippen molar-refractivity contribution in [3.05, 3.63) is 28.5 Å². The topological polar surface area (TPSA) is 54.4 Å². The molecule has 0 saturated carbocycles. The Bertz CT molecular complexity index is 430. The zero-order chi connectivity index (χ0) is 10.8. The minimum atomic E-state index is -3.72. The first-order valence-electron chi connectivity index (χ1n) is 3.76. The molecule has 14 heavy (non-hydrogen) atoms. The molecule has 0 unspecified atom stereocenters. The van der Waals surface area contributed by atoms with Gasteiger partial charge in [0, 0.05) is 4.47 Å². The van der Waals surface area contributed by atoms with E-state index in [0.717, 1.165) is 6.07 Å². The van der Waals surface area contributed by atoms with E-state index in [1.165, 1.54) is 12.1 Å². The summed E-state index contributed by atoms with van der Waals surface area (Å²) in [6.07, 6.45) is 0. The third-order valence-corrected chi connectivity index (χ3v) is 3.78. The fourth-order valence-electron chi connectivity index (χ4n) is 0.946. The summed E-state index contributed by atoms with van der Waals surface area (Å²) in [6, 6.07) is 3.65. The van der Waals surface area contributed by atoms with Crippen LogP contribution in [-0.4, -0.2) is 25.9 Å². The fraction of sp³-hybridized carbons (Fsp3) is 0.250. The lowest BCUT2D eigenvalue weighted by atomic mass is 10.3. The lowest BCUT2D eigenvalue weighted by Crippen LogP contribution is -2.11. The second-order valence-corrected chi connectivity index (χ2v) is 5.61. The predicted molar refractivity (Wildman–Crippen MR) is 53.2 cm³/mol. The van der Waals surface area contributed by atoms with E-state index in [1.807, 2.05) is 0 Å². The second kappa shape index (κ2) is 4.37. The third-order valence-electron chi connectivity index (χ3n) is 1.59. The van der Waals surface area contributed by atoms with Crippen LogP contribution in [0.25, 0.3) is 0 Å². The Balaban J connectivity index is 3.25. The number of halogens is 2. The molecule has 0 aliphatic heterocycles. The van der Waals surface area contributed by atoms with Crippen molar-refractivity contribution in [1.29, 1.82) is 0 Å². The van der Waals surface area contributed by atoms with Gasteiger partial charge in [-0.1, -0.05) is 15.9 Å². The van der Waals surface area contributed by atoms with E-state index in [9.17, 15) is 12.8 Å². The van der Waals surface area contributed by atoms with Crippen LogP contribution >= 0.6 is 15.9 Å². The fourth-order valence-corrected chi connectivity index (χ4v) is 2.59. The number of benzene rings is 1. The number of aliphatic hydroxyl groups excluding tert-OH is 1. The average Bonchev–Trinajstić information content (AvgIpc) is 2.09. The predicted octanol–water partition coefficient (Wildman–Crippen LogP) is 1.35. The highest BCUT2D eigenvalue weighted by molar-refractivity contribution is 9.10. The van der Waals surface area contributed by atoms with Gasteiger partial charge in [0.05, 0.1) is 12.4 Å². The van der Waals surface area contributed by atoms with E-state index in [2.05, 4.69) is 15.9 Å². The lowest BCUT2D eigenvalue weighted by Gasteiger charge is -2.04. The van der Waals surface area contributed by atoms with Gasteiger partial charge < -0.3 is 5.11 Å². The van der Waals surface area contributed by atoms with Gasteiger partial charge >= 0.3 is 0 Å². The molecule has 0 aromatic heterocycles. The quantitative estimate of drug-likeness (QED) is 0.911. The number of hydrogen-bond acceptors (Lipinski definition) is 3. The van der Waals surface area contributed by atoms with Gasteiger partial charge in [0.25, 0.3) is 0 Å². The van der Waals surface area contributed by atoms with E-state index in [0.29, 0.717) is 4.47 Å². The molecule has 1 rings (SSSR count). The normalized spacial score (nSPS) is 11.6. The first kappa shape index (κ1) is 11.6. The van der Waals surface area contributed by atoms with Crippen molar-refractivity contribution in [3.63, 3.8) is 0 Å². The smallest absolute Gasteiger partial charge is 0.183 e. The van der Waals surface area contributed by atoms with Crippen LogP contribution < -0.4 is 0 Å². The van der Waals surface area contributed by atoms with Crippen molar-refractivity contribution in [3.8, 4) is 0 Å². The molecule has 0 fully saturated rings. The summed E-state index contributed by atoms with van der Waals surface area (Å²) in [6.45, 7) is -0.520. The van der Waals surface area contributed by atoms with E-state index >= 15 is 0 Å². The van der Waals surface area contributed by atoms with E-state index in [4.69, 9.17) is 5.11 Å². The Morgan fingerprint density at radius 1 is 1.43 bits per heavy atom. The van der Waals surface area contributed by atoms with Crippen LogP contribution in [0.4, 0.5) is 4.39 Å². The minimum absolute atomic E-state index is 0.388. The zero-order valence-corrected chi connectivity index (χ0v) is 9.48. The number of aliphatic hydroxyl groups is 1. The summed E-state index contributed by atoms with van der Waals surface area (Å²) < 4.78 is 36.4. The summed E-state index contributed by atoms with van der Waals surface area (Å²) in [4.78, 5) is -0.388. The molecule has 0 amide bonds. The molecule has 1 aromatic carbocycles. The van der Waals surface area contributed by atoms with Gasteiger partial charge in [0.2, 0.25) is 0 Å². The molecular weight excluding hydrogens is 275 g/mol. The summed E-state index contributed by atoms with van der Waals surface area (Å²) in [7, 11) is -3.72. The highest BCUT2D eigenvalue weighted by Crippen LogP contribution is 2.20. The zero-order valence-electron chi connectivity index (χ0n) is 7.07. The van der Waals surface area contributed by atoms with E-state index in [-0.39, 0.29) is 4.90 Å². The monoisotopic (exact) mass is 282 g/mol. The van der Waals surface area contributed by atoms with Gasteiger partial charge in [-0.2, -0.15) is 0 Å². The maximum Gasteiger partial charge on any atom is 0.183 e. The van der Waals surface area contributed by atoms with Crippen LogP contribution in [0, 0.1) is 5.82 Å². The number of rotatable bonds is 3. The van der Waals surface area contributed by atoms with Crippen LogP contribution in [0.5, 0.6) is 0 Å². The molecule has 0 bridgehead atoms. The summed E-state index contributed by atoms with van der Waals surface area (Å²) in [5.41, 5.74) is 0. The number of sulfone groups is 1. The van der Waals surface area contributed by atoms with Crippen molar-refractivity contribution >= 4 is 25.8 Å². The van der Waals surface area contributed by atoms with Crippen molar-refractivity contribution < 1.29 is 17.9 Å². The molecule has 0 aliphatic rings. The van der Waals surface area contributed by atoms with Crippen LogP contribution in [0.15, 0.2) is 27.6 Å². The highest BCUT2D eigenvalue weighted by atomic mass is 79.9. The van der Waals surface area contributed by atoms with Gasteiger partial charge in [0.1, 0.15) is 10.7 Å². The standard InChI is InChI=1S/C8H8BrFO3S/c9-6-1-2-7(10)8(5-6)14(12,13)4-3-11/h1-2,5,11H,3-4H2. The molecule has 0 aliphatic carbocycles. The van der Waals surface area contributed by atoms with Crippen molar-refractivity contribution in [2.24, 2.45) is 0 Å². The average molecular weight is 283 g/mol. The summed E-state index contributed by atoms with van der Waals surface area (Å²) in [5, 5.41) is 8.51. The van der Waals surface area contributed by atoms with Gasteiger partial charge in [-0.15, -0.1) is 0 Å². The molecule has 78 valence electrons. The maximum atomic E-state index is 13.1. The molecule has 0 atom stereocenters. The van der Waals surface area contributed by atoms with E-state index < -0.39 is 28.0 Å². The van der Waals surface area contributed by atoms with E-state index in [1.54, 1.807) is 0 Å². The minimum Gasteiger partial charge on any atom is -0.395 e. The lowest BCUT2D eigenvalue weighted by molar-refractivity contribution is 0.319. The van der Waals surface area contributed by atoms with Crippen LogP contribution in [-0.2, 0) is 9.84 Å². The molecular formula is C8H8BrFO3S. The first-order chi connectivity index (χ1) is 6.47. The second-order valence-electron chi connectivity index (χ2n) is 2.62. The largest absolute Gasteiger partial charge is 0.395 e. The molecule has 0 radical (unpaired) electrons. The van der Waals surface area contributed by atoms with Crippen molar-refractivity contribution in [1.82, 2.24) is 0 Å². The molecule has 3 nitrogen and oxygen atoms in total. The molecule has 6 heteroatoms. The Kier molecular flexibility index (Phi) is 3.63. The molecule has 0 saturated heterocycles. The Labute approximate surface area is 89.6 Å². The van der Waals surface area contributed by atoms with Crippen LogP contribution in [0.2, 0.25) is 0 Å². The maximum absolute atomic E-state index is 13.1. The van der Waals surface area contributed by atoms with Crippen LogP contribution in [0.1, 0.15) is 0 Å². The van der Waals surface area contributed by atoms with Gasteiger partial charge in [0.15, 0.2) is 9.84 Å². The van der Waals surface area contributed by atoms with Gasteiger partial charge in [-0.05, 0) is 18.2 Å². The molecule has 1 aromatic rings. The van der Waals surface area contributed by atoms with Crippen molar-refractivity contribution in [2.45, 2.75) is 4.90 Å². The Hall–Kier alpha value is -0.460. The van der Waals surface area contributed by atoms with Gasteiger partial charge in [-0.3, -0.25) is 0 Å². The first-order valence-corrected chi connectivity index (χ1v) is 6.20. The molecule has 0 heterocycles. The number of hydrogen-bond donors (Lipinski definition) is 1. The summed E-state index contributed by atoms with van der Waals surface area (Å²) >= 11 is 3.05. The third kappa shape index (κ3) is 2.52. The van der Waals surface area contributed by atoms with Crippen molar-refractivity contribution in [2.75, 3.05) is 12.4 Å². The van der Waals surface area contributed by atoms with Gasteiger partial charge in [-0.25, -0.2) is 12.8 Å². The Morgan fingerprint density at radius 2 is 2.07 bits per heavy atom. The Morgan fingerprint density at radius 3 is 2.64 bits per heavy atom. The summed E-state index contributed by atoms with van der Waals surface area (Å²) in [5.74, 6) is -1.28. The van der Waals surface area contributed by atoms with Crippen LogP contribution in [0.3, 0.4) is 0 Å². The molecule has 1 N–H and O–H groups in total. The highest BCUT2D eigenvalue weighted by Gasteiger charge is 2.18. The molecule has 0 spiro atoms.